The average Bonchev–Trinajstić information content (AvgIpc) is 2.46. The molecule has 0 aliphatic heterocycles. The van der Waals surface area contributed by atoms with Crippen molar-refractivity contribution in [2.45, 2.75) is 32.1 Å². The molecule has 1 aliphatic carbocycles. The Balaban J connectivity index is 2.01. The Bertz CT molecular complexity index is 476. The minimum absolute atomic E-state index is 0.0556. The van der Waals surface area contributed by atoms with E-state index in [1.54, 1.807) is 12.1 Å². The molecule has 0 aromatic heterocycles. The summed E-state index contributed by atoms with van der Waals surface area (Å²) >= 11 is 0. The summed E-state index contributed by atoms with van der Waals surface area (Å²) < 4.78 is 13.5. The maximum absolute atomic E-state index is 13.5. The first-order valence-corrected chi connectivity index (χ1v) is 6.73. The molecule has 1 aromatic rings. The number of hydrogen-bond acceptors (Lipinski definition) is 3. The third kappa shape index (κ3) is 3.24. The smallest absolute Gasteiger partial charge is 0.143 e. The van der Waals surface area contributed by atoms with Crippen molar-refractivity contribution >= 4 is 5.69 Å². The number of benzene rings is 1. The van der Waals surface area contributed by atoms with Crippen molar-refractivity contribution in [2.24, 2.45) is 5.41 Å². The summed E-state index contributed by atoms with van der Waals surface area (Å²) in [6.07, 6.45) is 5.53. The highest BCUT2D eigenvalue weighted by Gasteiger charge is 2.31. The van der Waals surface area contributed by atoms with E-state index in [0.717, 1.165) is 25.7 Å². The van der Waals surface area contributed by atoms with Gasteiger partial charge in [0.25, 0.3) is 0 Å². The summed E-state index contributed by atoms with van der Waals surface area (Å²) in [6.45, 7) is 0.813. The fourth-order valence-electron chi connectivity index (χ4n) is 2.70. The molecule has 1 saturated carbocycles. The number of rotatable bonds is 4. The zero-order chi connectivity index (χ0) is 13.7. The number of anilines is 1. The van der Waals surface area contributed by atoms with Crippen LogP contribution in [0.15, 0.2) is 18.2 Å². The molecule has 4 heteroatoms. The first kappa shape index (κ1) is 13.8. The number of nitrogens with zero attached hydrogens (tertiary/aromatic N) is 1. The normalized spacial score (nSPS) is 17.7. The van der Waals surface area contributed by atoms with Crippen molar-refractivity contribution in [1.82, 2.24) is 0 Å². The van der Waals surface area contributed by atoms with E-state index >= 15 is 0 Å². The molecule has 0 unspecified atom stereocenters. The second-order valence-corrected chi connectivity index (χ2v) is 5.38. The van der Waals surface area contributed by atoms with E-state index in [2.05, 4.69) is 5.32 Å². The maximum atomic E-state index is 13.5. The third-order valence-corrected chi connectivity index (χ3v) is 4.01. The van der Waals surface area contributed by atoms with Crippen molar-refractivity contribution in [1.29, 1.82) is 5.26 Å². The Labute approximate surface area is 113 Å². The van der Waals surface area contributed by atoms with E-state index in [4.69, 9.17) is 5.26 Å². The molecular formula is C15H19FN2O. The standard InChI is InChI=1S/C15H19FN2O/c16-14-8-13(5-4-12(14)9-17)18-10-15(11-19)6-2-1-3-7-15/h4-5,8,18-19H,1-3,6-7,10-11H2. The second kappa shape index (κ2) is 6.03. The lowest BCUT2D eigenvalue weighted by atomic mass is 9.74. The summed E-state index contributed by atoms with van der Waals surface area (Å²) in [7, 11) is 0. The molecule has 0 heterocycles. The monoisotopic (exact) mass is 262 g/mol. The molecule has 102 valence electrons. The van der Waals surface area contributed by atoms with E-state index in [0.29, 0.717) is 12.2 Å². The van der Waals surface area contributed by atoms with Crippen LogP contribution in [-0.2, 0) is 0 Å². The van der Waals surface area contributed by atoms with E-state index < -0.39 is 5.82 Å². The summed E-state index contributed by atoms with van der Waals surface area (Å²) in [5.41, 5.74) is 0.637. The number of nitriles is 1. The highest BCUT2D eigenvalue weighted by atomic mass is 19.1. The van der Waals surface area contributed by atoms with Crippen LogP contribution in [0.25, 0.3) is 0 Å². The van der Waals surface area contributed by atoms with Crippen molar-refractivity contribution in [3.63, 3.8) is 0 Å². The largest absolute Gasteiger partial charge is 0.396 e. The lowest BCUT2D eigenvalue weighted by molar-refractivity contribution is 0.0944. The lowest BCUT2D eigenvalue weighted by Crippen LogP contribution is -2.35. The molecule has 3 nitrogen and oxygen atoms in total. The molecule has 1 fully saturated rings. The van der Waals surface area contributed by atoms with Gasteiger partial charge in [0.2, 0.25) is 0 Å². The van der Waals surface area contributed by atoms with Gasteiger partial charge in [-0.15, -0.1) is 0 Å². The van der Waals surface area contributed by atoms with Crippen LogP contribution in [0.1, 0.15) is 37.7 Å². The van der Waals surface area contributed by atoms with Crippen molar-refractivity contribution < 1.29 is 9.50 Å². The fourth-order valence-corrected chi connectivity index (χ4v) is 2.70. The molecule has 19 heavy (non-hydrogen) atoms. The van der Waals surface area contributed by atoms with Crippen LogP contribution < -0.4 is 5.32 Å². The Morgan fingerprint density at radius 2 is 2.05 bits per heavy atom. The number of aliphatic hydroxyl groups is 1. The Hall–Kier alpha value is -1.60. The minimum Gasteiger partial charge on any atom is -0.396 e. The zero-order valence-electron chi connectivity index (χ0n) is 11.0. The second-order valence-electron chi connectivity index (χ2n) is 5.38. The van der Waals surface area contributed by atoms with Crippen molar-refractivity contribution in [2.75, 3.05) is 18.5 Å². The predicted octanol–water partition coefficient (Wildman–Crippen LogP) is 3.05. The minimum atomic E-state index is -0.505. The molecule has 1 aliphatic rings. The highest BCUT2D eigenvalue weighted by Crippen LogP contribution is 2.36. The van der Waals surface area contributed by atoms with Gasteiger partial charge in [-0.2, -0.15) is 5.26 Å². The van der Waals surface area contributed by atoms with Gasteiger partial charge >= 0.3 is 0 Å². The van der Waals surface area contributed by atoms with E-state index in [-0.39, 0.29) is 17.6 Å². The van der Waals surface area contributed by atoms with Crippen LogP contribution in [0.3, 0.4) is 0 Å². The van der Waals surface area contributed by atoms with E-state index in [1.807, 2.05) is 0 Å². The summed E-state index contributed by atoms with van der Waals surface area (Å²) in [6, 6.07) is 6.32. The fraction of sp³-hybridized carbons (Fsp3) is 0.533. The van der Waals surface area contributed by atoms with Gasteiger partial charge in [-0.3, -0.25) is 0 Å². The van der Waals surface area contributed by atoms with Gasteiger partial charge in [0.05, 0.1) is 12.2 Å². The first-order valence-electron chi connectivity index (χ1n) is 6.73. The van der Waals surface area contributed by atoms with Crippen LogP contribution in [0.4, 0.5) is 10.1 Å². The number of halogens is 1. The maximum Gasteiger partial charge on any atom is 0.143 e. The summed E-state index contributed by atoms with van der Waals surface area (Å²) in [4.78, 5) is 0. The van der Waals surface area contributed by atoms with Gasteiger partial charge in [-0.1, -0.05) is 19.3 Å². The molecule has 2 rings (SSSR count). The molecule has 0 amide bonds. The van der Waals surface area contributed by atoms with Crippen LogP contribution in [-0.4, -0.2) is 18.3 Å². The van der Waals surface area contributed by atoms with Crippen LogP contribution in [0.5, 0.6) is 0 Å². The van der Waals surface area contributed by atoms with Crippen molar-refractivity contribution in [3.05, 3.63) is 29.6 Å². The quantitative estimate of drug-likeness (QED) is 0.876. The van der Waals surface area contributed by atoms with Gasteiger partial charge in [0, 0.05) is 17.6 Å². The molecule has 0 bridgehead atoms. The first-order chi connectivity index (χ1) is 9.19. The number of nitrogens with one attached hydrogen (secondary N) is 1. The number of aliphatic hydroxyl groups excluding tert-OH is 1. The van der Waals surface area contributed by atoms with E-state index in [9.17, 15) is 9.50 Å². The van der Waals surface area contributed by atoms with Crippen molar-refractivity contribution in [3.8, 4) is 6.07 Å². The SMILES string of the molecule is N#Cc1ccc(NCC2(CO)CCCCC2)cc1F. The molecule has 0 spiro atoms. The van der Waals surface area contributed by atoms with Gasteiger partial charge in [0.1, 0.15) is 11.9 Å². The molecule has 0 radical (unpaired) electrons. The third-order valence-electron chi connectivity index (χ3n) is 4.01. The summed E-state index contributed by atoms with van der Waals surface area (Å²) in [5, 5.41) is 21.5. The molecule has 0 saturated heterocycles. The van der Waals surface area contributed by atoms with Crippen LogP contribution >= 0.6 is 0 Å². The molecule has 0 atom stereocenters. The Morgan fingerprint density at radius 3 is 2.63 bits per heavy atom. The summed E-state index contributed by atoms with van der Waals surface area (Å²) in [5.74, 6) is -0.505. The zero-order valence-corrected chi connectivity index (χ0v) is 11.0. The predicted molar refractivity (Wildman–Crippen MR) is 72.2 cm³/mol. The topological polar surface area (TPSA) is 56.0 Å². The van der Waals surface area contributed by atoms with Gasteiger partial charge < -0.3 is 10.4 Å². The van der Waals surface area contributed by atoms with Gasteiger partial charge in [-0.25, -0.2) is 4.39 Å². The van der Waals surface area contributed by atoms with Crippen LogP contribution in [0, 0.1) is 22.6 Å². The molecular weight excluding hydrogens is 243 g/mol. The molecule has 2 N–H and O–H groups in total. The number of hydrogen-bond donors (Lipinski definition) is 2. The van der Waals surface area contributed by atoms with E-state index in [1.165, 1.54) is 18.6 Å². The average molecular weight is 262 g/mol. The van der Waals surface area contributed by atoms with Gasteiger partial charge in [0.15, 0.2) is 0 Å². The highest BCUT2D eigenvalue weighted by molar-refractivity contribution is 5.48. The Kier molecular flexibility index (Phi) is 4.39. The van der Waals surface area contributed by atoms with Crippen LogP contribution in [0.2, 0.25) is 0 Å². The Morgan fingerprint density at radius 1 is 1.32 bits per heavy atom. The molecule has 1 aromatic carbocycles. The lowest BCUT2D eigenvalue weighted by Gasteiger charge is -2.36. The van der Waals surface area contributed by atoms with Gasteiger partial charge in [-0.05, 0) is 31.0 Å².